The van der Waals surface area contributed by atoms with Gasteiger partial charge in [0.05, 0.1) is 0 Å². The SMILES string of the molecule is C1=CC(c2cccc(-c3c4ccccc4c(-c4c5ccccc5c(-c5cccc(-c6ccccc6)c5)c5ccccc45)c4ccccc34)c2)=CCC1. The first-order chi connectivity index (χ1) is 25.8. The number of allylic oxidation sites excluding steroid dienone is 4. The average Bonchev–Trinajstić information content (AvgIpc) is 3.23. The van der Waals surface area contributed by atoms with Gasteiger partial charge in [0, 0.05) is 0 Å². The lowest BCUT2D eigenvalue weighted by Crippen LogP contribution is -1.95. The Morgan fingerprint density at radius 1 is 0.269 bits per heavy atom. The normalized spacial score (nSPS) is 12.9. The van der Waals surface area contributed by atoms with Crippen LogP contribution in [-0.4, -0.2) is 0 Å². The van der Waals surface area contributed by atoms with Crippen molar-refractivity contribution in [3.05, 3.63) is 200 Å². The summed E-state index contributed by atoms with van der Waals surface area (Å²) in [6, 6.07) is 65.0. The summed E-state index contributed by atoms with van der Waals surface area (Å²) in [5.74, 6) is 0. The molecule has 0 atom stereocenters. The van der Waals surface area contributed by atoms with E-state index in [1.807, 2.05) is 0 Å². The molecule has 244 valence electrons. The summed E-state index contributed by atoms with van der Waals surface area (Å²) in [5.41, 5.74) is 12.7. The van der Waals surface area contributed by atoms with Gasteiger partial charge in [0.1, 0.15) is 0 Å². The summed E-state index contributed by atoms with van der Waals surface area (Å²) in [4.78, 5) is 0. The molecule has 9 aromatic rings. The molecule has 0 bridgehead atoms. The molecule has 0 saturated heterocycles. The van der Waals surface area contributed by atoms with E-state index in [1.165, 1.54) is 98.7 Å². The third-order valence-electron chi connectivity index (χ3n) is 10.9. The highest BCUT2D eigenvalue weighted by Gasteiger charge is 2.22. The van der Waals surface area contributed by atoms with Crippen molar-refractivity contribution < 1.29 is 0 Å². The molecule has 52 heavy (non-hydrogen) atoms. The molecule has 0 fully saturated rings. The molecule has 0 amide bonds. The summed E-state index contributed by atoms with van der Waals surface area (Å²) in [5, 5.41) is 10.1. The Balaban J connectivity index is 1.29. The standard InChI is InChI=1S/C52H36/c1-3-17-35(18-4-1)37-21-15-23-39(33-37)49-41-25-7-11-29-45(41)51(46-30-12-8-26-42(46)49)52-47-31-13-9-27-43(47)50(44-28-10-14-32-48(44)52)40-24-16-22-38(34-40)36-19-5-2-6-20-36/h1,3-5,7-34H,2,6H2. The minimum Gasteiger partial charge on any atom is -0.0836 e. The van der Waals surface area contributed by atoms with Crippen LogP contribution in [0.2, 0.25) is 0 Å². The van der Waals surface area contributed by atoms with E-state index in [1.54, 1.807) is 0 Å². The summed E-state index contributed by atoms with van der Waals surface area (Å²) in [7, 11) is 0. The van der Waals surface area contributed by atoms with E-state index >= 15 is 0 Å². The summed E-state index contributed by atoms with van der Waals surface area (Å²) in [6.45, 7) is 0. The van der Waals surface area contributed by atoms with Gasteiger partial charge in [-0.05, 0) is 124 Å². The van der Waals surface area contributed by atoms with Crippen molar-refractivity contribution in [2.45, 2.75) is 12.8 Å². The Hall–Kier alpha value is -6.50. The largest absolute Gasteiger partial charge is 0.0836 e. The molecule has 0 nitrogen and oxygen atoms in total. The van der Waals surface area contributed by atoms with Crippen LogP contribution in [0.25, 0.3) is 93.2 Å². The fourth-order valence-corrected chi connectivity index (χ4v) is 8.58. The van der Waals surface area contributed by atoms with Crippen LogP contribution >= 0.6 is 0 Å². The monoisotopic (exact) mass is 660 g/mol. The van der Waals surface area contributed by atoms with Crippen molar-refractivity contribution in [2.24, 2.45) is 0 Å². The zero-order valence-electron chi connectivity index (χ0n) is 28.9. The molecular formula is C52H36. The van der Waals surface area contributed by atoms with Crippen LogP contribution in [-0.2, 0) is 0 Å². The van der Waals surface area contributed by atoms with Crippen molar-refractivity contribution in [3.63, 3.8) is 0 Å². The van der Waals surface area contributed by atoms with Gasteiger partial charge < -0.3 is 0 Å². The highest BCUT2D eigenvalue weighted by atomic mass is 14.2. The summed E-state index contributed by atoms with van der Waals surface area (Å²) < 4.78 is 0. The molecule has 0 N–H and O–H groups in total. The third kappa shape index (κ3) is 4.99. The van der Waals surface area contributed by atoms with E-state index in [0.717, 1.165) is 12.8 Å². The number of benzene rings is 9. The number of fused-ring (bicyclic) bond motifs is 4. The zero-order valence-corrected chi connectivity index (χ0v) is 28.9. The number of rotatable bonds is 5. The van der Waals surface area contributed by atoms with Gasteiger partial charge >= 0.3 is 0 Å². The van der Waals surface area contributed by atoms with Crippen LogP contribution in [0.3, 0.4) is 0 Å². The van der Waals surface area contributed by atoms with Gasteiger partial charge in [-0.1, -0.05) is 182 Å². The Bertz CT molecular complexity index is 2770. The van der Waals surface area contributed by atoms with Crippen molar-refractivity contribution in [2.75, 3.05) is 0 Å². The average molecular weight is 661 g/mol. The molecule has 0 aromatic heterocycles. The fraction of sp³-hybridized carbons (Fsp3) is 0.0385. The summed E-state index contributed by atoms with van der Waals surface area (Å²) in [6.07, 6.45) is 9.15. The van der Waals surface area contributed by atoms with Crippen LogP contribution in [0.15, 0.2) is 194 Å². The third-order valence-corrected chi connectivity index (χ3v) is 10.9. The molecule has 0 spiro atoms. The lowest BCUT2D eigenvalue weighted by molar-refractivity contribution is 1.04. The van der Waals surface area contributed by atoms with Gasteiger partial charge in [0.25, 0.3) is 0 Å². The molecule has 0 radical (unpaired) electrons. The first-order valence-corrected chi connectivity index (χ1v) is 18.3. The molecule has 1 aliphatic carbocycles. The van der Waals surface area contributed by atoms with Crippen molar-refractivity contribution in [3.8, 4) is 44.5 Å². The molecule has 0 heteroatoms. The van der Waals surface area contributed by atoms with E-state index in [0.29, 0.717) is 0 Å². The Morgan fingerprint density at radius 3 is 1.08 bits per heavy atom. The Labute approximate surface area is 304 Å². The molecule has 10 rings (SSSR count). The van der Waals surface area contributed by atoms with Crippen LogP contribution in [0.1, 0.15) is 18.4 Å². The molecular weight excluding hydrogens is 625 g/mol. The van der Waals surface area contributed by atoms with Gasteiger partial charge in [-0.15, -0.1) is 0 Å². The zero-order chi connectivity index (χ0) is 34.4. The number of hydrogen-bond donors (Lipinski definition) is 0. The van der Waals surface area contributed by atoms with Crippen LogP contribution in [0.4, 0.5) is 0 Å². The molecule has 0 aliphatic heterocycles. The minimum atomic E-state index is 1.09. The maximum atomic E-state index is 2.39. The predicted octanol–water partition coefficient (Wildman–Crippen LogP) is 14.7. The summed E-state index contributed by atoms with van der Waals surface area (Å²) >= 11 is 0. The second kappa shape index (κ2) is 12.7. The van der Waals surface area contributed by atoms with Crippen LogP contribution in [0, 0.1) is 0 Å². The van der Waals surface area contributed by atoms with E-state index in [9.17, 15) is 0 Å². The maximum absolute atomic E-state index is 2.39. The molecule has 0 unspecified atom stereocenters. The molecule has 1 aliphatic rings. The van der Waals surface area contributed by atoms with Gasteiger partial charge in [-0.3, -0.25) is 0 Å². The maximum Gasteiger partial charge on any atom is -0.00139 e. The quantitative estimate of drug-likeness (QED) is 0.161. The topological polar surface area (TPSA) is 0 Å². The molecule has 9 aromatic carbocycles. The van der Waals surface area contributed by atoms with E-state index in [2.05, 4.69) is 194 Å². The fourth-order valence-electron chi connectivity index (χ4n) is 8.58. The van der Waals surface area contributed by atoms with E-state index in [4.69, 9.17) is 0 Å². The second-order valence-corrected chi connectivity index (χ2v) is 13.8. The highest BCUT2D eigenvalue weighted by molar-refractivity contribution is 6.30. The molecule has 0 saturated carbocycles. The Kier molecular flexibility index (Phi) is 7.40. The van der Waals surface area contributed by atoms with Gasteiger partial charge in [0.2, 0.25) is 0 Å². The van der Waals surface area contributed by atoms with Crippen molar-refractivity contribution in [1.29, 1.82) is 0 Å². The first kappa shape index (κ1) is 30.3. The minimum absolute atomic E-state index is 1.09. The van der Waals surface area contributed by atoms with Crippen molar-refractivity contribution in [1.82, 2.24) is 0 Å². The Morgan fingerprint density at radius 2 is 0.635 bits per heavy atom. The van der Waals surface area contributed by atoms with Crippen molar-refractivity contribution >= 4 is 48.7 Å². The highest BCUT2D eigenvalue weighted by Crippen LogP contribution is 2.50. The first-order valence-electron chi connectivity index (χ1n) is 18.3. The predicted molar refractivity (Wildman–Crippen MR) is 225 cm³/mol. The van der Waals surface area contributed by atoms with Crippen LogP contribution < -0.4 is 0 Å². The second-order valence-electron chi connectivity index (χ2n) is 13.8. The van der Waals surface area contributed by atoms with E-state index < -0.39 is 0 Å². The van der Waals surface area contributed by atoms with Gasteiger partial charge in [-0.25, -0.2) is 0 Å². The van der Waals surface area contributed by atoms with E-state index in [-0.39, 0.29) is 0 Å². The van der Waals surface area contributed by atoms with Gasteiger partial charge in [0.15, 0.2) is 0 Å². The molecule has 0 heterocycles. The number of hydrogen-bond acceptors (Lipinski definition) is 0. The lowest BCUT2D eigenvalue weighted by atomic mass is 9.80. The van der Waals surface area contributed by atoms with Crippen LogP contribution in [0.5, 0.6) is 0 Å². The lowest BCUT2D eigenvalue weighted by Gasteiger charge is -2.22. The smallest absolute Gasteiger partial charge is 0.00139 e. The van der Waals surface area contributed by atoms with Gasteiger partial charge in [-0.2, -0.15) is 0 Å².